The zero-order chi connectivity index (χ0) is 13.6. The highest BCUT2D eigenvalue weighted by molar-refractivity contribution is 9.10. The maximum Gasteiger partial charge on any atom is 0.182 e. The molecule has 0 unspecified atom stereocenters. The molecule has 2 aromatic rings. The summed E-state index contributed by atoms with van der Waals surface area (Å²) in [6.07, 6.45) is 2.49. The predicted molar refractivity (Wildman–Crippen MR) is 77.4 cm³/mol. The first-order valence-corrected chi connectivity index (χ1v) is 7.13. The van der Waals surface area contributed by atoms with Crippen molar-refractivity contribution in [2.45, 2.75) is 32.2 Å². The second kappa shape index (κ2) is 4.30. The van der Waals surface area contributed by atoms with Gasteiger partial charge >= 0.3 is 0 Å². The topological polar surface area (TPSA) is 69.6 Å². The van der Waals surface area contributed by atoms with Crippen molar-refractivity contribution in [1.82, 2.24) is 20.2 Å². The van der Waals surface area contributed by atoms with Crippen molar-refractivity contribution < 1.29 is 0 Å². The number of nitrogen functional groups attached to an aromatic ring is 1. The van der Waals surface area contributed by atoms with Crippen molar-refractivity contribution in [3.63, 3.8) is 0 Å². The van der Waals surface area contributed by atoms with Crippen molar-refractivity contribution in [2.75, 3.05) is 5.73 Å². The van der Waals surface area contributed by atoms with Gasteiger partial charge in [0.05, 0.1) is 5.54 Å². The van der Waals surface area contributed by atoms with Gasteiger partial charge in [0, 0.05) is 15.7 Å². The van der Waals surface area contributed by atoms with E-state index in [-0.39, 0.29) is 5.54 Å². The Morgan fingerprint density at radius 1 is 1.32 bits per heavy atom. The number of rotatable bonds is 3. The molecule has 0 amide bonds. The summed E-state index contributed by atoms with van der Waals surface area (Å²) in [6, 6.07) is 5.75. The number of nitrogens with two attached hydrogens (primary N) is 1. The van der Waals surface area contributed by atoms with E-state index in [9.17, 15) is 0 Å². The van der Waals surface area contributed by atoms with Crippen LogP contribution in [0.5, 0.6) is 0 Å². The Morgan fingerprint density at radius 2 is 2.05 bits per heavy atom. The van der Waals surface area contributed by atoms with Crippen LogP contribution in [0.25, 0.3) is 11.4 Å². The molecule has 5 nitrogen and oxygen atoms in total. The van der Waals surface area contributed by atoms with Crippen LogP contribution in [0.3, 0.4) is 0 Å². The molecular formula is C13H16BrN5. The predicted octanol–water partition coefficient (Wildman–Crippen LogP) is 2.83. The minimum Gasteiger partial charge on any atom is -0.399 e. The molecule has 0 saturated heterocycles. The molecule has 1 aliphatic rings. The van der Waals surface area contributed by atoms with E-state index >= 15 is 0 Å². The molecule has 100 valence electrons. The molecule has 1 aliphatic carbocycles. The number of hydrogen-bond donors (Lipinski definition) is 1. The Morgan fingerprint density at radius 3 is 2.68 bits per heavy atom. The van der Waals surface area contributed by atoms with E-state index in [1.807, 2.05) is 22.9 Å². The number of halogens is 1. The van der Waals surface area contributed by atoms with E-state index in [1.54, 1.807) is 0 Å². The van der Waals surface area contributed by atoms with E-state index in [0.717, 1.165) is 15.9 Å². The van der Waals surface area contributed by atoms with Crippen LogP contribution in [0.1, 0.15) is 26.7 Å². The van der Waals surface area contributed by atoms with Crippen molar-refractivity contribution in [2.24, 2.45) is 5.92 Å². The zero-order valence-corrected chi connectivity index (χ0v) is 12.6. The summed E-state index contributed by atoms with van der Waals surface area (Å²) < 4.78 is 2.85. The maximum absolute atomic E-state index is 5.89. The van der Waals surface area contributed by atoms with E-state index in [2.05, 4.69) is 45.3 Å². The first kappa shape index (κ1) is 12.6. The number of tetrazole rings is 1. The van der Waals surface area contributed by atoms with Gasteiger partial charge in [-0.2, -0.15) is 0 Å². The number of benzene rings is 1. The molecule has 1 saturated carbocycles. The summed E-state index contributed by atoms with van der Waals surface area (Å²) in [6.45, 7) is 4.37. The van der Waals surface area contributed by atoms with Crippen molar-refractivity contribution in [1.29, 1.82) is 0 Å². The van der Waals surface area contributed by atoms with Crippen LogP contribution in [0.4, 0.5) is 5.69 Å². The molecule has 3 rings (SSSR count). The van der Waals surface area contributed by atoms with Gasteiger partial charge in [-0.1, -0.05) is 15.9 Å². The lowest BCUT2D eigenvalue weighted by Gasteiger charge is -2.25. The molecule has 0 atom stereocenters. The van der Waals surface area contributed by atoms with Crippen LogP contribution in [-0.4, -0.2) is 20.2 Å². The third-order valence-electron chi connectivity index (χ3n) is 3.77. The maximum atomic E-state index is 5.89. The van der Waals surface area contributed by atoms with Gasteiger partial charge < -0.3 is 5.73 Å². The average Bonchev–Trinajstić information content (AvgIpc) is 3.05. The Labute approximate surface area is 120 Å². The van der Waals surface area contributed by atoms with Crippen molar-refractivity contribution in [3.05, 3.63) is 22.7 Å². The second-order valence-electron chi connectivity index (χ2n) is 5.62. The lowest BCUT2D eigenvalue weighted by molar-refractivity contribution is 0.271. The minimum atomic E-state index is -0.0596. The summed E-state index contributed by atoms with van der Waals surface area (Å²) in [5.74, 6) is 1.42. The van der Waals surface area contributed by atoms with Crippen molar-refractivity contribution >= 4 is 21.6 Å². The van der Waals surface area contributed by atoms with Gasteiger partial charge in [-0.3, -0.25) is 0 Å². The van der Waals surface area contributed by atoms with Gasteiger partial charge in [0.25, 0.3) is 0 Å². The Bertz CT molecular complexity index is 595. The van der Waals surface area contributed by atoms with Gasteiger partial charge in [-0.25, -0.2) is 4.68 Å². The summed E-state index contributed by atoms with van der Waals surface area (Å²) in [4.78, 5) is 0. The Kier molecular flexibility index (Phi) is 2.85. The fourth-order valence-electron chi connectivity index (χ4n) is 2.46. The quantitative estimate of drug-likeness (QED) is 0.882. The fourth-order valence-corrected chi connectivity index (χ4v) is 2.97. The number of anilines is 1. The second-order valence-corrected chi connectivity index (χ2v) is 6.53. The van der Waals surface area contributed by atoms with E-state index in [1.165, 1.54) is 12.8 Å². The summed E-state index contributed by atoms with van der Waals surface area (Å²) in [5.41, 5.74) is 7.46. The van der Waals surface area contributed by atoms with Crippen LogP contribution < -0.4 is 5.73 Å². The normalized spacial score (nSPS) is 15.7. The average molecular weight is 322 g/mol. The van der Waals surface area contributed by atoms with E-state index in [0.29, 0.717) is 11.6 Å². The van der Waals surface area contributed by atoms with Crippen molar-refractivity contribution in [3.8, 4) is 11.4 Å². The smallest absolute Gasteiger partial charge is 0.182 e. The standard InChI is InChI=1S/C13H16BrN5/c1-13(2,9-3-4-9)19-12(16-17-18-19)8-5-10(14)7-11(15)6-8/h5-7,9H,3-4,15H2,1-2H3. The summed E-state index contributed by atoms with van der Waals surface area (Å²) >= 11 is 3.46. The minimum absolute atomic E-state index is 0.0596. The lowest BCUT2D eigenvalue weighted by atomic mass is 9.98. The number of hydrogen-bond acceptors (Lipinski definition) is 4. The molecule has 0 spiro atoms. The van der Waals surface area contributed by atoms with E-state index < -0.39 is 0 Å². The molecule has 2 N–H and O–H groups in total. The molecule has 0 radical (unpaired) electrons. The molecule has 0 bridgehead atoms. The first-order valence-electron chi connectivity index (χ1n) is 6.34. The molecule has 1 aromatic heterocycles. The summed E-state index contributed by atoms with van der Waals surface area (Å²) in [5, 5.41) is 12.2. The van der Waals surface area contributed by atoms with Crippen LogP contribution in [0.2, 0.25) is 0 Å². The van der Waals surface area contributed by atoms with Crippen LogP contribution in [0.15, 0.2) is 22.7 Å². The monoisotopic (exact) mass is 321 g/mol. The Balaban J connectivity index is 2.09. The first-order chi connectivity index (χ1) is 8.98. The number of nitrogens with zero attached hydrogens (tertiary/aromatic N) is 4. The highest BCUT2D eigenvalue weighted by Gasteiger charge is 2.41. The number of aromatic nitrogens is 4. The highest BCUT2D eigenvalue weighted by atomic mass is 79.9. The highest BCUT2D eigenvalue weighted by Crippen LogP contribution is 2.44. The fraction of sp³-hybridized carbons (Fsp3) is 0.462. The lowest BCUT2D eigenvalue weighted by Crippen LogP contribution is -2.30. The molecule has 1 heterocycles. The van der Waals surface area contributed by atoms with Crippen LogP contribution in [-0.2, 0) is 5.54 Å². The molecular weight excluding hydrogens is 306 g/mol. The SMILES string of the molecule is CC(C)(C1CC1)n1nnnc1-c1cc(N)cc(Br)c1. The van der Waals surface area contributed by atoms with Gasteiger partial charge in [0.1, 0.15) is 0 Å². The molecule has 19 heavy (non-hydrogen) atoms. The van der Waals surface area contributed by atoms with Gasteiger partial charge in [-0.15, -0.1) is 5.10 Å². The Hall–Kier alpha value is -1.43. The molecule has 0 aliphatic heterocycles. The van der Waals surface area contributed by atoms with Crippen LogP contribution in [0, 0.1) is 5.92 Å². The zero-order valence-electron chi connectivity index (χ0n) is 11.0. The van der Waals surface area contributed by atoms with Gasteiger partial charge in [0.2, 0.25) is 0 Å². The molecule has 6 heteroatoms. The summed E-state index contributed by atoms with van der Waals surface area (Å²) in [7, 11) is 0. The van der Waals surface area contributed by atoms with Gasteiger partial charge in [0.15, 0.2) is 5.82 Å². The van der Waals surface area contributed by atoms with Crippen LogP contribution >= 0.6 is 15.9 Å². The van der Waals surface area contributed by atoms with Gasteiger partial charge in [-0.05, 0) is 61.2 Å². The molecule has 1 aromatic carbocycles. The third kappa shape index (κ3) is 2.25. The molecule has 1 fully saturated rings. The third-order valence-corrected chi connectivity index (χ3v) is 4.23. The van der Waals surface area contributed by atoms with E-state index in [4.69, 9.17) is 5.73 Å². The largest absolute Gasteiger partial charge is 0.399 e.